The quantitative estimate of drug-likeness (QED) is 0.295. The molecular formula is C25H22O6Sn. The number of carbonyl (C=O) groups is 3. The van der Waals surface area contributed by atoms with Crippen molar-refractivity contribution in [1.82, 2.24) is 0 Å². The van der Waals surface area contributed by atoms with Crippen molar-refractivity contribution in [2.75, 3.05) is 0 Å². The van der Waals surface area contributed by atoms with E-state index in [0.717, 1.165) is 0 Å². The summed E-state index contributed by atoms with van der Waals surface area (Å²) in [5.74, 6) is -2.20. The second-order valence-electron chi connectivity index (χ2n) is 7.08. The summed E-state index contributed by atoms with van der Waals surface area (Å²) in [5, 5.41) is 0. The van der Waals surface area contributed by atoms with Crippen molar-refractivity contribution in [3.8, 4) is 0 Å². The molecule has 0 radical (unpaired) electrons. The van der Waals surface area contributed by atoms with Gasteiger partial charge in [-0.25, -0.2) is 0 Å². The normalized spacial score (nSPS) is 10.7. The van der Waals surface area contributed by atoms with Crippen LogP contribution in [0.4, 0.5) is 0 Å². The zero-order valence-electron chi connectivity index (χ0n) is 17.5. The molecule has 0 aliphatic carbocycles. The van der Waals surface area contributed by atoms with Crippen molar-refractivity contribution < 1.29 is 23.6 Å². The van der Waals surface area contributed by atoms with Gasteiger partial charge in [-0.2, -0.15) is 0 Å². The molecule has 0 aliphatic rings. The molecule has 0 fully saturated rings. The summed E-state index contributed by atoms with van der Waals surface area (Å²) >= 11 is -5.21. The van der Waals surface area contributed by atoms with E-state index in [1.54, 1.807) is 97.9 Å². The molecule has 0 aliphatic heterocycles. The average Bonchev–Trinajstić information content (AvgIpc) is 2.80. The molecule has 0 aromatic heterocycles. The second-order valence-corrected chi connectivity index (χ2v) is 13.7. The minimum atomic E-state index is -5.21. The summed E-state index contributed by atoms with van der Waals surface area (Å²) in [5.41, 5.74) is 1.31. The monoisotopic (exact) mass is 538 g/mol. The molecule has 32 heavy (non-hydrogen) atoms. The Labute approximate surface area is 192 Å². The summed E-state index contributed by atoms with van der Waals surface area (Å²) in [7, 11) is 0. The van der Waals surface area contributed by atoms with Gasteiger partial charge in [0.05, 0.1) is 0 Å². The zero-order chi connectivity index (χ0) is 23.0. The number of rotatable bonds is 8. The third-order valence-corrected chi connectivity index (χ3v) is 11.5. The molecule has 162 valence electrons. The van der Waals surface area contributed by atoms with Gasteiger partial charge in [0.25, 0.3) is 0 Å². The number of carbonyl (C=O) groups excluding carboxylic acids is 3. The molecule has 7 heteroatoms. The molecule has 0 atom stereocenters. The Kier molecular flexibility index (Phi) is 7.83. The molecule has 0 saturated heterocycles. The van der Waals surface area contributed by atoms with Gasteiger partial charge in [-0.05, 0) is 0 Å². The molecule has 6 nitrogen and oxygen atoms in total. The molecule has 3 aromatic carbocycles. The van der Waals surface area contributed by atoms with Crippen LogP contribution in [0.3, 0.4) is 0 Å². The molecule has 0 bridgehead atoms. The van der Waals surface area contributed by atoms with E-state index in [-0.39, 0.29) is 21.1 Å². The van der Waals surface area contributed by atoms with Crippen LogP contribution >= 0.6 is 0 Å². The molecule has 3 rings (SSSR count). The molecule has 0 N–H and O–H groups in total. The van der Waals surface area contributed by atoms with E-state index in [9.17, 15) is 14.4 Å². The molecule has 3 aromatic rings. The Balaban J connectivity index is 1.98. The van der Waals surface area contributed by atoms with E-state index in [1.165, 1.54) is 0 Å². The summed E-state index contributed by atoms with van der Waals surface area (Å²) in [6.45, 7) is 5.55. The van der Waals surface area contributed by atoms with E-state index in [0.29, 0.717) is 5.57 Å². The summed E-state index contributed by atoms with van der Waals surface area (Å²) in [6.07, 6.45) is 0. The number of benzene rings is 3. The first-order valence-corrected chi connectivity index (χ1v) is 15.4. The van der Waals surface area contributed by atoms with Crippen LogP contribution in [-0.2, 0) is 9.22 Å². The van der Waals surface area contributed by atoms with Crippen molar-refractivity contribution in [3.05, 3.63) is 120 Å². The molecule has 0 saturated carbocycles. The molecule has 0 spiro atoms. The first-order valence-electron chi connectivity index (χ1n) is 9.88. The Bertz CT molecular complexity index is 967. The van der Waals surface area contributed by atoms with Crippen molar-refractivity contribution in [1.29, 1.82) is 0 Å². The van der Waals surface area contributed by atoms with Crippen LogP contribution in [-0.4, -0.2) is 37.5 Å². The maximum absolute atomic E-state index is 12.9. The predicted molar refractivity (Wildman–Crippen MR) is 121 cm³/mol. The first kappa shape index (κ1) is 23.3. The van der Waals surface area contributed by atoms with E-state index in [4.69, 9.17) is 9.22 Å². The van der Waals surface area contributed by atoms with Crippen molar-refractivity contribution in [3.63, 3.8) is 0 Å². The van der Waals surface area contributed by atoms with E-state index in [1.807, 2.05) is 0 Å². The Morgan fingerprint density at radius 1 is 0.625 bits per heavy atom. The van der Waals surface area contributed by atoms with Gasteiger partial charge in [0.1, 0.15) is 0 Å². The van der Waals surface area contributed by atoms with Gasteiger partial charge in [0.15, 0.2) is 0 Å². The van der Waals surface area contributed by atoms with Gasteiger partial charge in [0.2, 0.25) is 0 Å². The fraction of sp³-hybridized carbons (Fsp3) is 0.0800. The number of hydrogen-bond acceptors (Lipinski definition) is 6. The van der Waals surface area contributed by atoms with Crippen LogP contribution in [0.2, 0.25) is 4.44 Å². The number of allylic oxidation sites excluding steroid dienone is 1. The van der Waals surface area contributed by atoms with Gasteiger partial charge < -0.3 is 0 Å². The predicted octanol–water partition coefficient (Wildman–Crippen LogP) is 5.07. The van der Waals surface area contributed by atoms with Crippen LogP contribution in [0.1, 0.15) is 38.0 Å². The standard InChI is InChI=1S/3C7H6O2.C4H7.Sn/c3*8-7(9)6-4-2-1-3-5-6;1-4(2)3;/h3*1-5H,(H,8,9);1-2H2,3H3;/q;;;;+3/p-3. The van der Waals surface area contributed by atoms with Crippen molar-refractivity contribution in [2.45, 2.75) is 11.4 Å². The number of hydrogen-bond donors (Lipinski definition) is 0. The first-order chi connectivity index (χ1) is 15.4. The Hall–Kier alpha value is -3.39. The van der Waals surface area contributed by atoms with Crippen LogP contribution < -0.4 is 0 Å². The molecule has 0 unspecified atom stereocenters. The average molecular weight is 537 g/mol. The van der Waals surface area contributed by atoms with E-state index in [2.05, 4.69) is 6.58 Å². The van der Waals surface area contributed by atoms with Crippen molar-refractivity contribution >= 4 is 37.5 Å². The molecule has 0 amide bonds. The van der Waals surface area contributed by atoms with E-state index >= 15 is 0 Å². The zero-order valence-corrected chi connectivity index (χ0v) is 20.4. The molecule has 0 heterocycles. The van der Waals surface area contributed by atoms with Crippen LogP contribution in [0.25, 0.3) is 0 Å². The minimum absolute atomic E-state index is 0.0373. The van der Waals surface area contributed by atoms with Gasteiger partial charge in [-0.1, -0.05) is 0 Å². The van der Waals surface area contributed by atoms with Crippen LogP contribution in [0.5, 0.6) is 0 Å². The van der Waals surface area contributed by atoms with Crippen molar-refractivity contribution in [2.24, 2.45) is 0 Å². The van der Waals surface area contributed by atoms with Gasteiger partial charge in [0, 0.05) is 0 Å². The van der Waals surface area contributed by atoms with Crippen LogP contribution in [0.15, 0.2) is 103 Å². The SMILES string of the molecule is C=C(C)[CH2][Sn]([O]C(=O)c1ccccc1)([O]C(=O)c1ccccc1)[O]C(=O)c1ccccc1. The van der Waals surface area contributed by atoms with Gasteiger partial charge >= 0.3 is 192 Å². The van der Waals surface area contributed by atoms with Crippen LogP contribution in [0, 0.1) is 0 Å². The maximum atomic E-state index is 12.9. The summed E-state index contributed by atoms with van der Waals surface area (Å²) < 4.78 is 17.2. The Morgan fingerprint density at radius 2 is 0.906 bits per heavy atom. The second kappa shape index (κ2) is 10.8. The fourth-order valence-electron chi connectivity index (χ4n) is 2.86. The van der Waals surface area contributed by atoms with Gasteiger partial charge in [-0.15, -0.1) is 0 Å². The summed E-state index contributed by atoms with van der Waals surface area (Å²) in [6, 6.07) is 24.7. The topological polar surface area (TPSA) is 78.9 Å². The van der Waals surface area contributed by atoms with Gasteiger partial charge in [-0.3, -0.25) is 0 Å². The molecular weight excluding hydrogens is 515 g/mol. The fourth-order valence-corrected chi connectivity index (χ4v) is 9.38. The third-order valence-electron chi connectivity index (χ3n) is 4.29. The Morgan fingerprint density at radius 3 is 1.16 bits per heavy atom. The third kappa shape index (κ3) is 6.30. The van der Waals surface area contributed by atoms with E-state index < -0.39 is 37.5 Å². The summed E-state index contributed by atoms with van der Waals surface area (Å²) in [4.78, 5) is 38.7.